The number of hydrogen-bond donors (Lipinski definition) is 0. The summed E-state index contributed by atoms with van der Waals surface area (Å²) in [5.74, 6) is -1.03. The van der Waals surface area contributed by atoms with Crippen LogP contribution in [0.3, 0.4) is 0 Å². The predicted molar refractivity (Wildman–Crippen MR) is 66.3 cm³/mol. The molecule has 0 unspecified atom stereocenters. The van der Waals surface area contributed by atoms with Crippen LogP contribution in [0.1, 0.15) is 16.1 Å². The third-order valence-corrected chi connectivity index (χ3v) is 2.78. The van der Waals surface area contributed by atoms with E-state index in [-0.39, 0.29) is 5.69 Å². The van der Waals surface area contributed by atoms with Crippen LogP contribution < -0.4 is 0 Å². The summed E-state index contributed by atoms with van der Waals surface area (Å²) in [5.41, 5.74) is 1.10. The number of carbonyl (C=O) groups is 1. The van der Waals surface area contributed by atoms with E-state index < -0.39 is 11.8 Å². The second-order valence-corrected chi connectivity index (χ2v) is 4.23. The number of rotatable bonds is 3. The molecule has 0 saturated carbocycles. The van der Waals surface area contributed by atoms with Crippen molar-refractivity contribution in [2.75, 3.05) is 7.11 Å². The van der Waals surface area contributed by atoms with Gasteiger partial charge in [-0.2, -0.15) is 0 Å². The van der Waals surface area contributed by atoms with Crippen LogP contribution >= 0.6 is 11.6 Å². The molecule has 0 bridgehead atoms. The zero-order chi connectivity index (χ0) is 13.1. The van der Waals surface area contributed by atoms with Gasteiger partial charge in [-0.15, -0.1) is 0 Å². The molecule has 2 rings (SSSR count). The first-order chi connectivity index (χ1) is 8.60. The number of esters is 1. The smallest absolute Gasteiger partial charge is 0.354 e. The molecule has 1 aromatic heterocycles. The Bertz CT molecular complexity index is 563. The van der Waals surface area contributed by atoms with E-state index in [1.54, 1.807) is 12.1 Å². The Morgan fingerprint density at radius 2 is 2.06 bits per heavy atom. The molecule has 1 aromatic carbocycles. The van der Waals surface area contributed by atoms with Crippen LogP contribution in [0, 0.1) is 5.82 Å². The van der Waals surface area contributed by atoms with E-state index in [9.17, 15) is 9.18 Å². The van der Waals surface area contributed by atoms with Gasteiger partial charge in [0.2, 0.25) is 0 Å². The first kappa shape index (κ1) is 12.6. The highest BCUT2D eigenvalue weighted by Crippen LogP contribution is 2.14. The number of carbonyl (C=O) groups excluding carboxylic acids is 1. The zero-order valence-corrected chi connectivity index (χ0v) is 10.4. The fraction of sp³-hybridized carbons (Fsp3) is 0.154. The van der Waals surface area contributed by atoms with Gasteiger partial charge in [0.05, 0.1) is 7.11 Å². The summed E-state index contributed by atoms with van der Waals surface area (Å²) < 4.78 is 19.3. The third-order valence-electron chi connectivity index (χ3n) is 2.52. The van der Waals surface area contributed by atoms with Gasteiger partial charge in [-0.3, -0.25) is 0 Å². The van der Waals surface area contributed by atoms with E-state index in [2.05, 4.69) is 4.74 Å². The second-order valence-electron chi connectivity index (χ2n) is 3.79. The Morgan fingerprint density at radius 3 is 2.67 bits per heavy atom. The molecular formula is C13H11ClFNO2. The predicted octanol–water partition coefficient (Wildman–Crippen LogP) is 3.12. The lowest BCUT2D eigenvalue weighted by Gasteiger charge is -2.07. The van der Waals surface area contributed by atoms with E-state index in [0.29, 0.717) is 11.6 Å². The molecule has 0 N–H and O–H groups in total. The van der Waals surface area contributed by atoms with Gasteiger partial charge in [0.1, 0.15) is 11.5 Å². The molecule has 0 aliphatic carbocycles. The maximum Gasteiger partial charge on any atom is 0.354 e. The second kappa shape index (κ2) is 5.23. The zero-order valence-electron chi connectivity index (χ0n) is 9.69. The number of aromatic nitrogens is 1. The average Bonchev–Trinajstić information content (AvgIpc) is 2.72. The average molecular weight is 268 g/mol. The van der Waals surface area contributed by atoms with Crippen LogP contribution in [0.4, 0.5) is 4.39 Å². The van der Waals surface area contributed by atoms with E-state index in [1.165, 1.54) is 17.9 Å². The Kier molecular flexibility index (Phi) is 3.67. The van der Waals surface area contributed by atoms with Crippen molar-refractivity contribution in [3.63, 3.8) is 0 Å². The lowest BCUT2D eigenvalue weighted by atomic mass is 10.2. The van der Waals surface area contributed by atoms with E-state index in [4.69, 9.17) is 11.6 Å². The largest absolute Gasteiger partial charge is 0.464 e. The first-order valence-corrected chi connectivity index (χ1v) is 5.66. The molecule has 94 valence electrons. The molecule has 18 heavy (non-hydrogen) atoms. The molecule has 0 amide bonds. The summed E-state index contributed by atoms with van der Waals surface area (Å²) in [4.78, 5) is 11.5. The van der Waals surface area contributed by atoms with E-state index in [1.807, 2.05) is 12.1 Å². The Labute approximate surface area is 109 Å². The third kappa shape index (κ3) is 2.71. The molecule has 0 radical (unpaired) electrons. The molecule has 0 aliphatic rings. The van der Waals surface area contributed by atoms with Crippen molar-refractivity contribution in [3.05, 3.63) is 58.6 Å². The van der Waals surface area contributed by atoms with Crippen molar-refractivity contribution in [2.24, 2.45) is 0 Å². The fourth-order valence-electron chi connectivity index (χ4n) is 1.67. The van der Waals surface area contributed by atoms with Gasteiger partial charge in [0.15, 0.2) is 0 Å². The Hall–Kier alpha value is -1.81. The lowest BCUT2D eigenvalue weighted by Crippen LogP contribution is -2.10. The van der Waals surface area contributed by atoms with E-state index in [0.717, 1.165) is 11.6 Å². The molecule has 2 aromatic rings. The monoisotopic (exact) mass is 267 g/mol. The van der Waals surface area contributed by atoms with Crippen LogP contribution in [0.15, 0.2) is 36.5 Å². The Balaban J connectivity index is 2.28. The number of hydrogen-bond acceptors (Lipinski definition) is 2. The highest BCUT2D eigenvalue weighted by Gasteiger charge is 2.14. The van der Waals surface area contributed by atoms with Gasteiger partial charge in [0.25, 0.3) is 0 Å². The number of ether oxygens (including phenoxy) is 1. The van der Waals surface area contributed by atoms with Crippen molar-refractivity contribution < 1.29 is 13.9 Å². The molecule has 0 spiro atoms. The van der Waals surface area contributed by atoms with Crippen molar-refractivity contribution in [1.29, 1.82) is 0 Å². The van der Waals surface area contributed by atoms with Gasteiger partial charge in [-0.1, -0.05) is 23.7 Å². The summed E-state index contributed by atoms with van der Waals surface area (Å²) in [6.45, 7) is 0.380. The maximum atomic E-state index is 13.2. The maximum absolute atomic E-state index is 13.2. The van der Waals surface area contributed by atoms with Gasteiger partial charge in [-0.25, -0.2) is 9.18 Å². The molecule has 1 heterocycles. The normalized spacial score (nSPS) is 10.4. The van der Waals surface area contributed by atoms with Crippen LogP contribution in [-0.4, -0.2) is 17.6 Å². The number of halogens is 2. The standard InChI is InChI=1S/C13H11ClFNO2/c1-18-13(17)12-6-11(15)8-16(12)7-9-2-4-10(14)5-3-9/h2-6,8H,7H2,1H3. The highest BCUT2D eigenvalue weighted by atomic mass is 35.5. The van der Waals surface area contributed by atoms with Crippen molar-refractivity contribution in [3.8, 4) is 0 Å². The van der Waals surface area contributed by atoms with Crippen LogP contribution in [0.5, 0.6) is 0 Å². The summed E-state index contributed by atoms with van der Waals surface area (Å²) in [5, 5.41) is 0.630. The lowest BCUT2D eigenvalue weighted by molar-refractivity contribution is 0.0589. The summed E-state index contributed by atoms with van der Waals surface area (Å²) in [6, 6.07) is 8.29. The molecular weight excluding hydrogens is 257 g/mol. The van der Waals surface area contributed by atoms with Gasteiger partial charge < -0.3 is 9.30 Å². The van der Waals surface area contributed by atoms with Gasteiger partial charge >= 0.3 is 5.97 Å². The van der Waals surface area contributed by atoms with Gasteiger partial charge in [0, 0.05) is 23.8 Å². The molecule has 0 fully saturated rings. The van der Waals surface area contributed by atoms with Crippen LogP contribution in [-0.2, 0) is 11.3 Å². The molecule has 0 atom stereocenters. The van der Waals surface area contributed by atoms with Crippen LogP contribution in [0.2, 0.25) is 5.02 Å². The van der Waals surface area contributed by atoms with Crippen molar-refractivity contribution in [1.82, 2.24) is 4.57 Å². The fourth-order valence-corrected chi connectivity index (χ4v) is 1.79. The number of nitrogens with zero attached hydrogens (tertiary/aromatic N) is 1. The van der Waals surface area contributed by atoms with Gasteiger partial charge in [-0.05, 0) is 17.7 Å². The topological polar surface area (TPSA) is 31.2 Å². The molecule has 3 nitrogen and oxygen atoms in total. The Morgan fingerprint density at radius 1 is 1.39 bits per heavy atom. The minimum absolute atomic E-state index is 0.185. The number of benzene rings is 1. The van der Waals surface area contributed by atoms with Crippen molar-refractivity contribution in [2.45, 2.75) is 6.54 Å². The summed E-state index contributed by atoms with van der Waals surface area (Å²) >= 11 is 5.78. The minimum atomic E-state index is -0.562. The van der Waals surface area contributed by atoms with Crippen LogP contribution in [0.25, 0.3) is 0 Å². The number of methoxy groups -OCH3 is 1. The SMILES string of the molecule is COC(=O)c1cc(F)cn1Cc1ccc(Cl)cc1. The first-order valence-electron chi connectivity index (χ1n) is 5.28. The minimum Gasteiger partial charge on any atom is -0.464 e. The molecule has 0 saturated heterocycles. The quantitative estimate of drug-likeness (QED) is 0.800. The highest BCUT2D eigenvalue weighted by molar-refractivity contribution is 6.30. The summed E-state index contributed by atoms with van der Waals surface area (Å²) in [6.07, 6.45) is 1.26. The molecule has 0 aliphatic heterocycles. The molecule has 5 heteroatoms. The summed E-state index contributed by atoms with van der Waals surface area (Å²) in [7, 11) is 1.26. The van der Waals surface area contributed by atoms with Crippen molar-refractivity contribution >= 4 is 17.6 Å². The van der Waals surface area contributed by atoms with E-state index >= 15 is 0 Å².